The van der Waals surface area contributed by atoms with Gasteiger partial charge in [0.2, 0.25) is 5.89 Å². The predicted octanol–water partition coefficient (Wildman–Crippen LogP) is 3.01. The van der Waals surface area contributed by atoms with Crippen LogP contribution in [-0.4, -0.2) is 45.2 Å². The van der Waals surface area contributed by atoms with Gasteiger partial charge in [-0.3, -0.25) is 4.90 Å². The summed E-state index contributed by atoms with van der Waals surface area (Å²) in [5.74, 6) is 2.33. The van der Waals surface area contributed by atoms with Gasteiger partial charge in [-0.2, -0.15) is 4.98 Å². The molecule has 4 heterocycles. The van der Waals surface area contributed by atoms with Crippen LogP contribution >= 0.6 is 11.5 Å². The zero-order valence-corrected chi connectivity index (χ0v) is 14.9. The van der Waals surface area contributed by atoms with Crippen molar-refractivity contribution in [1.29, 1.82) is 0 Å². The maximum atomic E-state index is 6.18. The molecule has 0 radical (unpaired) electrons. The molecular formula is C17H24N4O2S. The number of piperidine rings is 1. The van der Waals surface area contributed by atoms with Crippen LogP contribution < -0.4 is 0 Å². The van der Waals surface area contributed by atoms with E-state index in [9.17, 15) is 0 Å². The van der Waals surface area contributed by atoms with Crippen LogP contribution in [0.15, 0.2) is 16.8 Å². The van der Waals surface area contributed by atoms with E-state index in [-0.39, 0.29) is 12.0 Å². The Hall–Kier alpha value is -1.31. The molecule has 2 aliphatic heterocycles. The molecule has 2 fully saturated rings. The average molecular weight is 348 g/mol. The third kappa shape index (κ3) is 3.53. The first-order valence-electron chi connectivity index (χ1n) is 8.83. The van der Waals surface area contributed by atoms with Crippen molar-refractivity contribution < 1.29 is 9.26 Å². The van der Waals surface area contributed by atoms with Crippen molar-refractivity contribution >= 4 is 11.5 Å². The molecule has 0 aromatic carbocycles. The third-order valence-corrected chi connectivity index (χ3v) is 5.92. The second kappa shape index (κ2) is 7.29. The summed E-state index contributed by atoms with van der Waals surface area (Å²) in [5.41, 5.74) is 0. The highest BCUT2D eigenvalue weighted by Gasteiger charge is 2.38. The highest BCUT2D eigenvalue weighted by molar-refractivity contribution is 7.05. The van der Waals surface area contributed by atoms with Crippen molar-refractivity contribution in [3.63, 3.8) is 0 Å². The Morgan fingerprint density at radius 1 is 1.29 bits per heavy atom. The molecule has 0 bridgehead atoms. The van der Waals surface area contributed by atoms with E-state index in [2.05, 4.69) is 25.5 Å². The molecule has 0 amide bonds. The number of aryl methyl sites for hydroxylation is 1. The smallest absolute Gasteiger partial charge is 0.232 e. The van der Waals surface area contributed by atoms with E-state index >= 15 is 0 Å². The monoisotopic (exact) mass is 348 g/mol. The first kappa shape index (κ1) is 16.2. The number of nitrogens with zero attached hydrogens (tertiary/aromatic N) is 4. The van der Waals surface area contributed by atoms with Crippen LogP contribution in [-0.2, 0) is 11.3 Å². The van der Waals surface area contributed by atoms with Gasteiger partial charge in [0, 0.05) is 24.2 Å². The van der Waals surface area contributed by atoms with Gasteiger partial charge in [-0.25, -0.2) is 4.37 Å². The normalized spacial score (nSPS) is 26.7. The van der Waals surface area contributed by atoms with Gasteiger partial charge in [0.05, 0.1) is 12.0 Å². The standard InChI is InChI=1S/C17H24N4O2S/c1-12-19-17(23-20-12)15-3-2-10-22-16(15)13-5-8-21(9-6-13)11-14-4-7-18-24-14/h4,7,13,15-16H,2-3,5-6,8-11H2,1H3/t15-,16+/m1/s1. The van der Waals surface area contributed by atoms with E-state index in [1.807, 2.05) is 13.1 Å². The second-order valence-electron chi connectivity index (χ2n) is 6.86. The third-order valence-electron chi connectivity index (χ3n) is 5.19. The number of likely N-dealkylation sites (tertiary alicyclic amines) is 1. The van der Waals surface area contributed by atoms with Crippen LogP contribution in [0.5, 0.6) is 0 Å². The Balaban J connectivity index is 1.38. The molecular weight excluding hydrogens is 324 g/mol. The van der Waals surface area contributed by atoms with Gasteiger partial charge in [-0.15, -0.1) is 0 Å². The molecule has 2 aromatic heterocycles. The van der Waals surface area contributed by atoms with Crippen molar-refractivity contribution in [2.24, 2.45) is 5.92 Å². The van der Waals surface area contributed by atoms with E-state index in [0.29, 0.717) is 11.7 Å². The van der Waals surface area contributed by atoms with Gasteiger partial charge in [-0.05, 0) is 69.2 Å². The lowest BCUT2D eigenvalue weighted by Gasteiger charge is -2.40. The molecule has 2 aromatic rings. The molecule has 7 heteroatoms. The minimum Gasteiger partial charge on any atom is -0.377 e. The van der Waals surface area contributed by atoms with Gasteiger partial charge >= 0.3 is 0 Å². The van der Waals surface area contributed by atoms with Crippen LogP contribution in [0.2, 0.25) is 0 Å². The summed E-state index contributed by atoms with van der Waals surface area (Å²) in [5, 5.41) is 3.97. The molecule has 6 nitrogen and oxygen atoms in total. The number of hydrogen-bond acceptors (Lipinski definition) is 7. The molecule has 24 heavy (non-hydrogen) atoms. The van der Waals surface area contributed by atoms with Crippen LogP contribution in [0.4, 0.5) is 0 Å². The molecule has 0 aliphatic carbocycles. The van der Waals surface area contributed by atoms with Gasteiger partial charge in [0.25, 0.3) is 0 Å². The second-order valence-corrected chi connectivity index (χ2v) is 7.77. The first-order valence-corrected chi connectivity index (χ1v) is 9.60. The summed E-state index contributed by atoms with van der Waals surface area (Å²) in [6.07, 6.45) is 6.63. The summed E-state index contributed by atoms with van der Waals surface area (Å²) < 4.78 is 15.8. The zero-order valence-electron chi connectivity index (χ0n) is 14.1. The Bertz CT molecular complexity index is 637. The molecule has 130 valence electrons. The minimum absolute atomic E-state index is 0.226. The Labute approximate surface area is 146 Å². The summed E-state index contributed by atoms with van der Waals surface area (Å²) in [4.78, 5) is 8.35. The maximum Gasteiger partial charge on any atom is 0.232 e. The Morgan fingerprint density at radius 3 is 2.88 bits per heavy atom. The van der Waals surface area contributed by atoms with E-state index in [0.717, 1.165) is 45.0 Å². The highest BCUT2D eigenvalue weighted by atomic mass is 32.1. The molecule has 0 N–H and O–H groups in total. The van der Waals surface area contributed by atoms with E-state index in [1.54, 1.807) is 11.5 Å². The molecule has 0 spiro atoms. The average Bonchev–Trinajstić information content (AvgIpc) is 3.27. The first-order chi connectivity index (χ1) is 11.8. The largest absolute Gasteiger partial charge is 0.377 e. The van der Waals surface area contributed by atoms with Gasteiger partial charge in [0.1, 0.15) is 0 Å². The highest BCUT2D eigenvalue weighted by Crippen LogP contribution is 2.38. The zero-order chi connectivity index (χ0) is 16.4. The lowest BCUT2D eigenvalue weighted by molar-refractivity contribution is -0.0584. The summed E-state index contributed by atoms with van der Waals surface area (Å²) in [7, 11) is 0. The fourth-order valence-corrected chi connectivity index (χ4v) is 4.60. The summed E-state index contributed by atoms with van der Waals surface area (Å²) >= 11 is 1.60. The molecule has 2 aliphatic rings. The summed E-state index contributed by atoms with van der Waals surface area (Å²) in [6.45, 7) is 6.00. The van der Waals surface area contributed by atoms with Gasteiger partial charge in [0.15, 0.2) is 5.82 Å². The number of aromatic nitrogens is 3. The number of hydrogen-bond donors (Lipinski definition) is 0. The fourth-order valence-electron chi connectivity index (χ4n) is 3.98. The van der Waals surface area contributed by atoms with Crippen LogP contribution in [0.1, 0.15) is 48.2 Å². The Kier molecular flexibility index (Phi) is 4.91. The van der Waals surface area contributed by atoms with Crippen molar-refractivity contribution in [3.8, 4) is 0 Å². The molecule has 2 atom stereocenters. The van der Waals surface area contributed by atoms with E-state index in [1.165, 1.54) is 17.7 Å². The SMILES string of the molecule is Cc1noc([C@@H]2CCCO[C@H]2C2CCN(Cc3ccns3)CC2)n1. The molecule has 0 unspecified atom stereocenters. The van der Waals surface area contributed by atoms with Gasteiger partial charge in [-0.1, -0.05) is 5.16 Å². The lowest BCUT2D eigenvalue weighted by atomic mass is 9.80. The molecule has 0 saturated carbocycles. The van der Waals surface area contributed by atoms with Gasteiger partial charge < -0.3 is 9.26 Å². The van der Waals surface area contributed by atoms with Crippen molar-refractivity contribution in [3.05, 3.63) is 28.9 Å². The molecule has 2 saturated heterocycles. The van der Waals surface area contributed by atoms with E-state index < -0.39 is 0 Å². The lowest BCUT2D eigenvalue weighted by Crippen LogP contribution is -2.42. The van der Waals surface area contributed by atoms with Crippen LogP contribution in [0.3, 0.4) is 0 Å². The number of rotatable bonds is 4. The van der Waals surface area contributed by atoms with Crippen LogP contribution in [0, 0.1) is 12.8 Å². The van der Waals surface area contributed by atoms with Crippen molar-refractivity contribution in [1.82, 2.24) is 19.4 Å². The molecule has 4 rings (SSSR count). The van der Waals surface area contributed by atoms with Crippen molar-refractivity contribution in [2.75, 3.05) is 19.7 Å². The fraction of sp³-hybridized carbons (Fsp3) is 0.706. The van der Waals surface area contributed by atoms with Crippen molar-refractivity contribution in [2.45, 2.75) is 51.2 Å². The van der Waals surface area contributed by atoms with Crippen LogP contribution in [0.25, 0.3) is 0 Å². The topological polar surface area (TPSA) is 64.3 Å². The maximum absolute atomic E-state index is 6.18. The Morgan fingerprint density at radius 2 is 2.17 bits per heavy atom. The minimum atomic E-state index is 0.226. The number of ether oxygens (including phenoxy) is 1. The quantitative estimate of drug-likeness (QED) is 0.846. The summed E-state index contributed by atoms with van der Waals surface area (Å²) in [6, 6.07) is 2.12. The predicted molar refractivity (Wildman–Crippen MR) is 90.9 cm³/mol. The van der Waals surface area contributed by atoms with E-state index in [4.69, 9.17) is 9.26 Å².